The molecule has 2 aromatic carbocycles. The largest absolute Gasteiger partial charge is 0.378 e. The minimum atomic E-state index is -3.64. The van der Waals surface area contributed by atoms with Crippen LogP contribution in [0.5, 0.6) is 0 Å². The van der Waals surface area contributed by atoms with Crippen LogP contribution in [-0.4, -0.2) is 40.1 Å². The molecule has 1 atom stereocenters. The number of sulfonamides is 1. The number of amides is 1. The summed E-state index contributed by atoms with van der Waals surface area (Å²) in [5.41, 5.74) is 2.02. The van der Waals surface area contributed by atoms with Crippen molar-refractivity contribution in [1.82, 2.24) is 5.32 Å². The van der Waals surface area contributed by atoms with Crippen LogP contribution in [0.3, 0.4) is 0 Å². The number of halogens is 1. The SMILES string of the molecule is Cc1ccc(S(=O)(=O)Nc2ccc(NC(=O)CC3COCCN3)cc2)cc1.Cl. The highest BCUT2D eigenvalue weighted by Crippen LogP contribution is 2.19. The van der Waals surface area contributed by atoms with E-state index in [9.17, 15) is 13.2 Å². The van der Waals surface area contributed by atoms with Gasteiger partial charge in [-0.25, -0.2) is 8.42 Å². The summed E-state index contributed by atoms with van der Waals surface area (Å²) in [6.45, 7) is 3.83. The fourth-order valence-electron chi connectivity index (χ4n) is 2.74. The van der Waals surface area contributed by atoms with Gasteiger partial charge >= 0.3 is 0 Å². The highest BCUT2D eigenvalue weighted by Gasteiger charge is 2.17. The number of anilines is 2. The van der Waals surface area contributed by atoms with Gasteiger partial charge in [-0.15, -0.1) is 12.4 Å². The molecule has 1 unspecified atom stereocenters. The number of nitrogens with one attached hydrogen (secondary N) is 3. The Labute approximate surface area is 171 Å². The van der Waals surface area contributed by atoms with Gasteiger partial charge in [0.15, 0.2) is 0 Å². The highest BCUT2D eigenvalue weighted by atomic mass is 35.5. The van der Waals surface area contributed by atoms with E-state index >= 15 is 0 Å². The van der Waals surface area contributed by atoms with E-state index < -0.39 is 10.0 Å². The molecule has 1 amide bonds. The highest BCUT2D eigenvalue weighted by molar-refractivity contribution is 7.92. The first-order chi connectivity index (χ1) is 12.9. The Kier molecular flexibility index (Phi) is 7.82. The molecule has 1 fully saturated rings. The van der Waals surface area contributed by atoms with Gasteiger partial charge in [0, 0.05) is 30.4 Å². The average Bonchev–Trinajstić information content (AvgIpc) is 2.64. The molecule has 0 saturated carbocycles. The third kappa shape index (κ3) is 6.20. The van der Waals surface area contributed by atoms with Crippen molar-refractivity contribution in [3.8, 4) is 0 Å². The van der Waals surface area contributed by atoms with Crippen LogP contribution in [0.4, 0.5) is 11.4 Å². The van der Waals surface area contributed by atoms with Crippen molar-refractivity contribution >= 4 is 39.7 Å². The number of ether oxygens (including phenoxy) is 1. The molecular weight excluding hydrogens is 402 g/mol. The first-order valence-electron chi connectivity index (χ1n) is 8.73. The van der Waals surface area contributed by atoms with Crippen LogP contribution < -0.4 is 15.4 Å². The minimum Gasteiger partial charge on any atom is -0.378 e. The van der Waals surface area contributed by atoms with Gasteiger partial charge < -0.3 is 15.4 Å². The van der Waals surface area contributed by atoms with Gasteiger partial charge in [-0.3, -0.25) is 9.52 Å². The molecule has 0 spiro atoms. The number of morpholine rings is 1. The van der Waals surface area contributed by atoms with Gasteiger partial charge in [-0.1, -0.05) is 17.7 Å². The zero-order chi connectivity index (χ0) is 19.3. The third-order valence-corrected chi connectivity index (χ3v) is 5.58. The van der Waals surface area contributed by atoms with Gasteiger partial charge in [-0.05, 0) is 43.3 Å². The normalized spacial score (nSPS) is 16.7. The Bertz CT molecular complexity index is 880. The Morgan fingerprint density at radius 2 is 1.75 bits per heavy atom. The van der Waals surface area contributed by atoms with Crippen LogP contribution in [0, 0.1) is 6.92 Å². The molecule has 0 bridgehead atoms. The maximum Gasteiger partial charge on any atom is 0.261 e. The van der Waals surface area contributed by atoms with Crippen molar-refractivity contribution in [3.05, 3.63) is 54.1 Å². The zero-order valence-corrected chi connectivity index (χ0v) is 17.1. The van der Waals surface area contributed by atoms with Gasteiger partial charge in [0.05, 0.1) is 18.1 Å². The second kappa shape index (κ2) is 9.88. The number of hydrogen-bond acceptors (Lipinski definition) is 5. The third-order valence-electron chi connectivity index (χ3n) is 4.18. The van der Waals surface area contributed by atoms with E-state index in [2.05, 4.69) is 15.4 Å². The van der Waals surface area contributed by atoms with Crippen molar-refractivity contribution in [2.45, 2.75) is 24.3 Å². The molecule has 0 aliphatic carbocycles. The molecule has 9 heteroatoms. The molecule has 3 N–H and O–H groups in total. The molecular formula is C19H24ClN3O4S. The van der Waals surface area contributed by atoms with Gasteiger partial charge in [-0.2, -0.15) is 0 Å². The topological polar surface area (TPSA) is 96.5 Å². The lowest BCUT2D eigenvalue weighted by Crippen LogP contribution is -2.43. The number of carbonyl (C=O) groups is 1. The number of benzene rings is 2. The Hall–Kier alpha value is -2.13. The smallest absolute Gasteiger partial charge is 0.261 e. The van der Waals surface area contributed by atoms with Gasteiger partial charge in [0.2, 0.25) is 5.91 Å². The lowest BCUT2D eigenvalue weighted by atomic mass is 10.2. The molecule has 2 aromatic rings. The lowest BCUT2D eigenvalue weighted by Gasteiger charge is -2.23. The van der Waals surface area contributed by atoms with Gasteiger partial charge in [0.1, 0.15) is 0 Å². The molecule has 0 radical (unpaired) electrons. The maximum absolute atomic E-state index is 12.4. The number of rotatable bonds is 6. The van der Waals surface area contributed by atoms with Crippen LogP contribution in [0.2, 0.25) is 0 Å². The summed E-state index contributed by atoms with van der Waals surface area (Å²) in [4.78, 5) is 12.3. The molecule has 28 heavy (non-hydrogen) atoms. The number of hydrogen-bond donors (Lipinski definition) is 3. The fraction of sp³-hybridized carbons (Fsp3) is 0.316. The molecule has 1 saturated heterocycles. The first-order valence-corrected chi connectivity index (χ1v) is 10.2. The summed E-state index contributed by atoms with van der Waals surface area (Å²) >= 11 is 0. The van der Waals surface area contributed by atoms with Crippen LogP contribution in [0.1, 0.15) is 12.0 Å². The zero-order valence-electron chi connectivity index (χ0n) is 15.5. The van der Waals surface area contributed by atoms with Crippen molar-refractivity contribution in [1.29, 1.82) is 0 Å². The van der Waals surface area contributed by atoms with Crippen molar-refractivity contribution < 1.29 is 17.9 Å². The van der Waals surface area contributed by atoms with Crippen molar-refractivity contribution in [3.63, 3.8) is 0 Å². The maximum atomic E-state index is 12.4. The number of carbonyl (C=O) groups excluding carboxylic acids is 1. The van der Waals surface area contributed by atoms with E-state index in [1.807, 2.05) is 6.92 Å². The van der Waals surface area contributed by atoms with Crippen molar-refractivity contribution in [2.24, 2.45) is 0 Å². The molecule has 0 aromatic heterocycles. The average molecular weight is 426 g/mol. The predicted octanol–water partition coefficient (Wildman–Crippen LogP) is 2.53. The van der Waals surface area contributed by atoms with E-state index in [1.165, 1.54) is 0 Å². The first kappa shape index (κ1) is 22.2. The van der Waals surface area contributed by atoms with Crippen LogP contribution in [0.15, 0.2) is 53.4 Å². The van der Waals surface area contributed by atoms with E-state index in [4.69, 9.17) is 4.74 Å². The van der Waals surface area contributed by atoms with E-state index in [-0.39, 0.29) is 29.3 Å². The monoisotopic (exact) mass is 425 g/mol. The van der Waals surface area contributed by atoms with Crippen LogP contribution in [0.25, 0.3) is 0 Å². The summed E-state index contributed by atoms with van der Waals surface area (Å²) in [5, 5.41) is 6.03. The minimum absolute atomic E-state index is 0. The fourth-order valence-corrected chi connectivity index (χ4v) is 3.80. The summed E-state index contributed by atoms with van der Waals surface area (Å²) < 4.78 is 32.7. The second-order valence-corrected chi connectivity index (χ2v) is 8.16. The van der Waals surface area contributed by atoms with E-state index in [1.54, 1.807) is 48.5 Å². The summed E-state index contributed by atoms with van der Waals surface area (Å²) in [7, 11) is -3.64. The molecule has 7 nitrogen and oxygen atoms in total. The van der Waals surface area contributed by atoms with E-state index in [0.717, 1.165) is 12.1 Å². The Balaban J connectivity index is 0.00000280. The lowest BCUT2D eigenvalue weighted by molar-refractivity contribution is -0.117. The molecule has 1 aliphatic rings. The van der Waals surface area contributed by atoms with Crippen LogP contribution >= 0.6 is 12.4 Å². The Morgan fingerprint density at radius 3 is 2.36 bits per heavy atom. The standard InChI is InChI=1S/C19H23N3O4S.ClH/c1-14-2-8-18(9-3-14)27(24,25)22-16-6-4-15(5-7-16)21-19(23)12-17-13-26-11-10-20-17;/h2-9,17,20,22H,10-13H2,1H3,(H,21,23);1H. The Morgan fingerprint density at radius 1 is 1.11 bits per heavy atom. The van der Waals surface area contributed by atoms with Crippen LogP contribution in [-0.2, 0) is 19.6 Å². The molecule has 1 aliphatic heterocycles. The van der Waals surface area contributed by atoms with Gasteiger partial charge in [0.25, 0.3) is 10.0 Å². The quantitative estimate of drug-likeness (QED) is 0.660. The van der Waals surface area contributed by atoms with E-state index in [0.29, 0.717) is 31.0 Å². The van der Waals surface area contributed by atoms with Crippen molar-refractivity contribution in [2.75, 3.05) is 29.8 Å². The predicted molar refractivity (Wildman–Crippen MR) is 112 cm³/mol. The molecule has 3 rings (SSSR count). The molecule has 1 heterocycles. The summed E-state index contributed by atoms with van der Waals surface area (Å²) in [5.74, 6) is -0.119. The summed E-state index contributed by atoms with van der Waals surface area (Å²) in [6, 6.07) is 13.2. The molecule has 152 valence electrons. The number of aryl methyl sites for hydroxylation is 1. The summed E-state index contributed by atoms with van der Waals surface area (Å²) in [6.07, 6.45) is 0.321. The second-order valence-electron chi connectivity index (χ2n) is 6.47.